The molecule has 3 atom stereocenters. The number of rotatable bonds is 3. The topological polar surface area (TPSA) is 29.1 Å². The molecule has 1 N–H and O–H groups in total. The summed E-state index contributed by atoms with van der Waals surface area (Å²) >= 11 is 6.33. The molecule has 2 fully saturated rings. The second kappa shape index (κ2) is 5.81. The van der Waals surface area contributed by atoms with Gasteiger partial charge in [-0.05, 0) is 37.0 Å². The number of carbonyl (C=O) groups is 1. The van der Waals surface area contributed by atoms with Crippen molar-refractivity contribution in [2.75, 3.05) is 6.54 Å². The fourth-order valence-corrected chi connectivity index (χ4v) is 3.93. The first-order chi connectivity index (χ1) is 8.50. The zero-order valence-corrected chi connectivity index (χ0v) is 12.4. The van der Waals surface area contributed by atoms with Crippen LogP contribution in [0.25, 0.3) is 0 Å². The van der Waals surface area contributed by atoms with Crippen LogP contribution in [0.4, 0.5) is 0 Å². The van der Waals surface area contributed by atoms with E-state index in [2.05, 4.69) is 19.2 Å². The summed E-state index contributed by atoms with van der Waals surface area (Å²) in [5.41, 5.74) is 0.178. The van der Waals surface area contributed by atoms with Crippen molar-refractivity contribution in [1.29, 1.82) is 0 Å². The van der Waals surface area contributed by atoms with Gasteiger partial charge < -0.3 is 5.32 Å². The summed E-state index contributed by atoms with van der Waals surface area (Å²) in [6, 6.07) is 0. The van der Waals surface area contributed by atoms with Crippen LogP contribution >= 0.6 is 11.6 Å². The lowest BCUT2D eigenvalue weighted by Crippen LogP contribution is -2.40. The summed E-state index contributed by atoms with van der Waals surface area (Å²) in [5.74, 6) is 0.940. The van der Waals surface area contributed by atoms with Gasteiger partial charge in [0.15, 0.2) is 0 Å². The summed E-state index contributed by atoms with van der Waals surface area (Å²) < 4.78 is 0. The Balaban J connectivity index is 1.81. The Kier molecular flexibility index (Phi) is 4.58. The summed E-state index contributed by atoms with van der Waals surface area (Å²) in [7, 11) is 0. The van der Waals surface area contributed by atoms with Crippen molar-refractivity contribution < 1.29 is 4.79 Å². The quantitative estimate of drug-likeness (QED) is 0.779. The smallest absolute Gasteiger partial charge is 0.223 e. The van der Waals surface area contributed by atoms with Gasteiger partial charge in [-0.25, -0.2) is 0 Å². The number of carbonyl (C=O) groups excluding carboxylic acids is 1. The Morgan fingerprint density at radius 3 is 2.56 bits per heavy atom. The molecule has 18 heavy (non-hydrogen) atoms. The zero-order chi connectivity index (χ0) is 13.2. The van der Waals surface area contributed by atoms with Crippen molar-refractivity contribution in [2.24, 2.45) is 17.3 Å². The lowest BCUT2D eigenvalue weighted by molar-refractivity contribution is -0.127. The standard InChI is InChI=1S/C15H26ClNO/c1-15(2)9-5-7-12(15)14(18)17-10-11-6-3-4-8-13(11)16/h11-13H,3-10H2,1-2H3,(H,17,18). The molecule has 2 aliphatic rings. The lowest BCUT2D eigenvalue weighted by atomic mass is 9.81. The molecule has 3 unspecified atom stereocenters. The van der Waals surface area contributed by atoms with Crippen LogP contribution in [0.3, 0.4) is 0 Å². The van der Waals surface area contributed by atoms with Gasteiger partial charge >= 0.3 is 0 Å². The van der Waals surface area contributed by atoms with Gasteiger partial charge in [0.2, 0.25) is 5.91 Å². The van der Waals surface area contributed by atoms with Crippen molar-refractivity contribution in [3.63, 3.8) is 0 Å². The van der Waals surface area contributed by atoms with Gasteiger partial charge in [0.05, 0.1) is 0 Å². The van der Waals surface area contributed by atoms with E-state index < -0.39 is 0 Å². The highest BCUT2D eigenvalue weighted by atomic mass is 35.5. The summed E-state index contributed by atoms with van der Waals surface area (Å²) in [4.78, 5) is 12.3. The Morgan fingerprint density at radius 2 is 1.94 bits per heavy atom. The van der Waals surface area contributed by atoms with Crippen molar-refractivity contribution >= 4 is 17.5 Å². The Bertz CT molecular complexity index is 303. The van der Waals surface area contributed by atoms with Gasteiger partial charge in [0.25, 0.3) is 0 Å². The maximum Gasteiger partial charge on any atom is 0.223 e. The average molecular weight is 272 g/mol. The summed E-state index contributed by atoms with van der Waals surface area (Å²) in [5, 5.41) is 3.42. The molecule has 0 aromatic heterocycles. The molecule has 104 valence electrons. The van der Waals surface area contributed by atoms with Crippen molar-refractivity contribution in [2.45, 2.75) is 64.2 Å². The highest BCUT2D eigenvalue weighted by molar-refractivity contribution is 6.20. The Hall–Kier alpha value is -0.240. The fraction of sp³-hybridized carbons (Fsp3) is 0.933. The van der Waals surface area contributed by atoms with E-state index in [0.717, 1.165) is 19.4 Å². The van der Waals surface area contributed by atoms with Crippen LogP contribution in [0.5, 0.6) is 0 Å². The molecule has 0 aromatic rings. The maximum atomic E-state index is 12.3. The van der Waals surface area contributed by atoms with Gasteiger partial charge in [-0.1, -0.05) is 33.1 Å². The van der Waals surface area contributed by atoms with Crippen LogP contribution in [-0.2, 0) is 4.79 Å². The molecule has 2 rings (SSSR count). The first-order valence-corrected chi connectivity index (χ1v) is 7.86. The molecule has 0 aromatic carbocycles. The van der Waals surface area contributed by atoms with Crippen LogP contribution in [-0.4, -0.2) is 17.8 Å². The van der Waals surface area contributed by atoms with Crippen molar-refractivity contribution in [1.82, 2.24) is 5.32 Å². The van der Waals surface area contributed by atoms with Gasteiger partial charge in [-0.3, -0.25) is 4.79 Å². The molecule has 2 nitrogen and oxygen atoms in total. The molecule has 3 heteroatoms. The third-order valence-electron chi connectivity index (χ3n) is 4.93. The van der Waals surface area contributed by atoms with E-state index in [4.69, 9.17) is 11.6 Å². The van der Waals surface area contributed by atoms with Crippen LogP contribution in [0.15, 0.2) is 0 Å². The predicted molar refractivity (Wildman–Crippen MR) is 75.7 cm³/mol. The van der Waals surface area contributed by atoms with Crippen molar-refractivity contribution in [3.8, 4) is 0 Å². The maximum absolute atomic E-state index is 12.3. The molecule has 0 saturated heterocycles. The second-order valence-electron chi connectivity index (χ2n) is 6.74. The van der Waals surface area contributed by atoms with Crippen molar-refractivity contribution in [3.05, 3.63) is 0 Å². The minimum Gasteiger partial charge on any atom is -0.356 e. The first kappa shape index (κ1) is 14.2. The van der Waals surface area contributed by atoms with E-state index in [1.165, 1.54) is 32.1 Å². The third-order valence-corrected chi connectivity index (χ3v) is 5.50. The molecule has 1 amide bonds. The first-order valence-electron chi connectivity index (χ1n) is 7.42. The highest BCUT2D eigenvalue weighted by Crippen LogP contribution is 2.42. The number of alkyl halides is 1. The number of amides is 1. The second-order valence-corrected chi connectivity index (χ2v) is 7.30. The predicted octanol–water partition coefficient (Wildman–Crippen LogP) is 3.73. The van der Waals surface area contributed by atoms with E-state index >= 15 is 0 Å². The van der Waals surface area contributed by atoms with Gasteiger partial charge in [-0.15, -0.1) is 11.6 Å². The highest BCUT2D eigenvalue weighted by Gasteiger charge is 2.39. The number of halogens is 1. The van der Waals surface area contributed by atoms with Gasteiger partial charge in [0, 0.05) is 17.8 Å². The van der Waals surface area contributed by atoms with Gasteiger partial charge in [0.1, 0.15) is 0 Å². The number of hydrogen-bond donors (Lipinski definition) is 1. The summed E-state index contributed by atoms with van der Waals surface area (Å²) in [6.07, 6.45) is 8.19. The normalized spacial score (nSPS) is 35.4. The van der Waals surface area contributed by atoms with Crippen LogP contribution < -0.4 is 5.32 Å². The Morgan fingerprint density at radius 1 is 1.22 bits per heavy atom. The monoisotopic (exact) mass is 271 g/mol. The molecule has 2 aliphatic carbocycles. The van der Waals surface area contributed by atoms with Gasteiger partial charge in [-0.2, -0.15) is 0 Å². The van der Waals surface area contributed by atoms with Crippen LogP contribution in [0, 0.1) is 17.3 Å². The van der Waals surface area contributed by atoms with Crippen LogP contribution in [0.1, 0.15) is 58.8 Å². The lowest BCUT2D eigenvalue weighted by Gasteiger charge is -2.30. The van der Waals surface area contributed by atoms with E-state index in [0.29, 0.717) is 5.92 Å². The molecular weight excluding hydrogens is 246 g/mol. The van der Waals surface area contributed by atoms with E-state index in [9.17, 15) is 4.79 Å². The molecule has 0 radical (unpaired) electrons. The minimum absolute atomic E-state index is 0.178. The molecule has 2 saturated carbocycles. The summed E-state index contributed by atoms with van der Waals surface area (Å²) in [6.45, 7) is 5.21. The van der Waals surface area contributed by atoms with E-state index in [1.807, 2.05) is 0 Å². The molecule has 0 heterocycles. The van der Waals surface area contributed by atoms with Crippen LogP contribution in [0.2, 0.25) is 0 Å². The van der Waals surface area contributed by atoms with E-state index in [-0.39, 0.29) is 22.6 Å². The number of nitrogens with one attached hydrogen (secondary N) is 1. The largest absolute Gasteiger partial charge is 0.356 e. The number of hydrogen-bond acceptors (Lipinski definition) is 1. The molecule has 0 aliphatic heterocycles. The van der Waals surface area contributed by atoms with E-state index in [1.54, 1.807) is 0 Å². The fourth-order valence-electron chi connectivity index (χ4n) is 3.56. The molecular formula is C15H26ClNO. The molecule has 0 spiro atoms. The Labute approximate surface area is 116 Å². The minimum atomic E-state index is 0.178. The zero-order valence-electron chi connectivity index (χ0n) is 11.7. The molecule has 0 bridgehead atoms. The SMILES string of the molecule is CC1(C)CCCC1C(=O)NCC1CCCCC1Cl. The third kappa shape index (κ3) is 3.20. The average Bonchev–Trinajstić information content (AvgIpc) is 2.67.